The fraction of sp³-hybridized carbons (Fsp3) is 0.366. The van der Waals surface area contributed by atoms with Gasteiger partial charge in [0.15, 0.2) is 17.6 Å². The first-order valence-corrected chi connectivity index (χ1v) is 17.7. The molecule has 6 N–H and O–H groups in total. The SMILES string of the molecule is CNCO[C@]1(CNC)Cc2c3c(c4c(c2O[C@@H]1c1ccc(O)c(OC)c1)CC[C@H](CO)O4)-c1ccc(O)cc1[C@H](Cc1ccc2[nH]ccc2c1)C3. The molecule has 3 aliphatic rings. The molecular weight excluding hydrogens is 646 g/mol. The lowest BCUT2D eigenvalue weighted by atomic mass is 9.70. The number of rotatable bonds is 10. The molecule has 3 heterocycles. The minimum atomic E-state index is -0.845. The number of aromatic amines is 1. The van der Waals surface area contributed by atoms with Crippen molar-refractivity contribution in [1.29, 1.82) is 0 Å². The van der Waals surface area contributed by atoms with E-state index in [4.69, 9.17) is 18.9 Å². The van der Waals surface area contributed by atoms with Gasteiger partial charge < -0.3 is 44.6 Å². The summed E-state index contributed by atoms with van der Waals surface area (Å²) in [5.41, 5.74) is 8.61. The van der Waals surface area contributed by atoms with Crippen molar-refractivity contribution in [3.63, 3.8) is 0 Å². The molecule has 51 heavy (non-hydrogen) atoms. The number of aliphatic hydroxyl groups is 1. The number of aromatic hydroxyl groups is 2. The molecule has 0 radical (unpaired) electrons. The molecule has 4 atom stereocenters. The van der Waals surface area contributed by atoms with Crippen LogP contribution < -0.4 is 24.8 Å². The summed E-state index contributed by atoms with van der Waals surface area (Å²) in [5.74, 6) is 2.24. The lowest BCUT2D eigenvalue weighted by Crippen LogP contribution is -2.54. The van der Waals surface area contributed by atoms with E-state index in [2.05, 4.69) is 39.9 Å². The first-order chi connectivity index (χ1) is 24.9. The summed E-state index contributed by atoms with van der Waals surface area (Å²) < 4.78 is 26.2. The Balaban J connectivity index is 1.34. The summed E-state index contributed by atoms with van der Waals surface area (Å²) in [7, 11) is 5.31. The summed E-state index contributed by atoms with van der Waals surface area (Å²) in [6, 6.07) is 19.6. The van der Waals surface area contributed by atoms with E-state index in [1.165, 1.54) is 18.1 Å². The lowest BCUT2D eigenvalue weighted by molar-refractivity contribution is -0.128. The molecule has 0 amide bonds. The number of aliphatic hydroxyl groups excluding tert-OH is 1. The van der Waals surface area contributed by atoms with Crippen molar-refractivity contribution in [2.45, 2.75) is 55.8 Å². The molecule has 0 fully saturated rings. The van der Waals surface area contributed by atoms with E-state index < -0.39 is 11.7 Å². The highest BCUT2D eigenvalue weighted by Crippen LogP contribution is 2.57. The van der Waals surface area contributed by atoms with Crippen LogP contribution in [0.4, 0.5) is 0 Å². The van der Waals surface area contributed by atoms with Crippen molar-refractivity contribution >= 4 is 10.9 Å². The number of likely N-dealkylation sites (N-methyl/N-ethyl adjacent to an activating group) is 1. The monoisotopic (exact) mass is 691 g/mol. The summed E-state index contributed by atoms with van der Waals surface area (Å²) in [6.45, 7) is 0.701. The van der Waals surface area contributed by atoms with Crippen LogP contribution in [-0.4, -0.2) is 73.1 Å². The molecule has 0 saturated carbocycles. The smallest absolute Gasteiger partial charge is 0.160 e. The third kappa shape index (κ3) is 5.76. The predicted molar refractivity (Wildman–Crippen MR) is 195 cm³/mol. The maximum atomic E-state index is 10.8. The first-order valence-electron chi connectivity index (χ1n) is 17.7. The molecule has 1 aromatic heterocycles. The van der Waals surface area contributed by atoms with Crippen LogP contribution in [0.15, 0.2) is 66.9 Å². The maximum Gasteiger partial charge on any atom is 0.160 e. The normalized spacial score (nSPS) is 21.9. The number of nitrogens with one attached hydrogen (secondary N) is 3. The van der Waals surface area contributed by atoms with Crippen LogP contribution in [0.5, 0.6) is 28.7 Å². The number of methoxy groups -OCH3 is 1. The Morgan fingerprint density at radius 1 is 0.941 bits per heavy atom. The standard InChI is InChI=1S/C41H45N3O7/c1-42-21-41(49-22-43-2)19-33-32-16-26(15-23-4-10-34-24(14-23)12-13-44-34)31-18-27(46)6-8-29(31)37(32)39-30(9-7-28(20-45)50-39)38(33)51-40(41)25-5-11-35(47)36(17-25)48-3/h4-6,8,10-14,17-18,26,28,40,42-47H,7,9,15-16,19-22H2,1-3H3/t26-,28-,40-,41+/m1/s1. The Labute approximate surface area is 297 Å². The Hall–Kier alpha value is -4.74. The summed E-state index contributed by atoms with van der Waals surface area (Å²) in [4.78, 5) is 3.30. The Bertz CT molecular complexity index is 2090. The van der Waals surface area contributed by atoms with Gasteiger partial charge in [0.05, 0.1) is 20.4 Å². The van der Waals surface area contributed by atoms with Crippen molar-refractivity contribution in [2.75, 3.05) is 41.1 Å². The minimum Gasteiger partial charge on any atom is -0.508 e. The molecule has 2 aliphatic heterocycles. The number of hydrogen-bond donors (Lipinski definition) is 6. The van der Waals surface area contributed by atoms with Crippen LogP contribution in [-0.2, 0) is 30.4 Å². The molecule has 0 bridgehead atoms. The first kappa shape index (κ1) is 33.4. The van der Waals surface area contributed by atoms with Gasteiger partial charge in [-0.25, -0.2) is 0 Å². The zero-order valence-electron chi connectivity index (χ0n) is 29.2. The Morgan fingerprint density at radius 2 is 1.82 bits per heavy atom. The second-order valence-corrected chi connectivity index (χ2v) is 14.0. The Kier molecular flexibility index (Phi) is 8.80. The average molecular weight is 692 g/mol. The topological polar surface area (TPSA) is 137 Å². The van der Waals surface area contributed by atoms with Gasteiger partial charge in [-0.15, -0.1) is 0 Å². The number of aromatic nitrogens is 1. The van der Waals surface area contributed by atoms with Crippen LogP contribution in [0, 0.1) is 0 Å². The second-order valence-electron chi connectivity index (χ2n) is 14.0. The highest BCUT2D eigenvalue weighted by atomic mass is 16.6. The zero-order valence-corrected chi connectivity index (χ0v) is 29.2. The van der Waals surface area contributed by atoms with Gasteiger partial charge in [-0.1, -0.05) is 18.2 Å². The second kappa shape index (κ2) is 13.4. The van der Waals surface area contributed by atoms with E-state index in [1.54, 1.807) is 12.1 Å². The van der Waals surface area contributed by atoms with Gasteiger partial charge in [0.2, 0.25) is 0 Å². The molecule has 0 unspecified atom stereocenters. The highest BCUT2D eigenvalue weighted by Gasteiger charge is 2.50. The van der Waals surface area contributed by atoms with E-state index in [0.29, 0.717) is 44.7 Å². The number of phenols is 2. The van der Waals surface area contributed by atoms with Crippen LogP contribution in [0.2, 0.25) is 0 Å². The average Bonchev–Trinajstić information content (AvgIpc) is 3.62. The predicted octanol–water partition coefficient (Wildman–Crippen LogP) is 5.65. The summed E-state index contributed by atoms with van der Waals surface area (Å²) in [5, 5.41) is 39.3. The molecular formula is C41H45N3O7. The van der Waals surface area contributed by atoms with Crippen LogP contribution in [0.25, 0.3) is 22.0 Å². The van der Waals surface area contributed by atoms with E-state index in [0.717, 1.165) is 62.4 Å². The number of hydrogen-bond acceptors (Lipinski definition) is 9. The highest BCUT2D eigenvalue weighted by molar-refractivity contribution is 5.85. The molecule has 5 aromatic rings. The van der Waals surface area contributed by atoms with Gasteiger partial charge in [0.1, 0.15) is 29.0 Å². The largest absolute Gasteiger partial charge is 0.508 e. The minimum absolute atomic E-state index is 0.0501. The molecule has 0 saturated heterocycles. The van der Waals surface area contributed by atoms with E-state index in [1.807, 2.05) is 44.6 Å². The molecule has 10 heteroatoms. The van der Waals surface area contributed by atoms with Crippen LogP contribution in [0.3, 0.4) is 0 Å². The number of H-pyrrole nitrogens is 1. The van der Waals surface area contributed by atoms with Crippen molar-refractivity contribution in [2.24, 2.45) is 0 Å². The van der Waals surface area contributed by atoms with Gasteiger partial charge in [-0.05, 0) is 121 Å². The van der Waals surface area contributed by atoms with Crippen LogP contribution >= 0.6 is 0 Å². The van der Waals surface area contributed by atoms with Gasteiger partial charge in [0, 0.05) is 41.4 Å². The molecule has 0 spiro atoms. The quantitative estimate of drug-likeness (QED) is 0.103. The summed E-state index contributed by atoms with van der Waals surface area (Å²) >= 11 is 0. The number of benzene rings is 4. The third-order valence-corrected chi connectivity index (χ3v) is 10.9. The van der Waals surface area contributed by atoms with Gasteiger partial charge >= 0.3 is 0 Å². The molecule has 266 valence electrons. The zero-order chi connectivity index (χ0) is 35.3. The Morgan fingerprint density at radius 3 is 2.63 bits per heavy atom. The van der Waals surface area contributed by atoms with Gasteiger partial charge in [-0.3, -0.25) is 5.32 Å². The lowest BCUT2D eigenvalue weighted by Gasteiger charge is -2.47. The van der Waals surface area contributed by atoms with Gasteiger partial charge in [-0.2, -0.15) is 0 Å². The van der Waals surface area contributed by atoms with E-state index in [-0.39, 0.29) is 30.1 Å². The number of fused-ring (bicyclic) bond motifs is 9. The third-order valence-electron chi connectivity index (χ3n) is 10.9. The molecule has 4 aromatic carbocycles. The van der Waals surface area contributed by atoms with Crippen LogP contribution in [0.1, 0.15) is 51.8 Å². The van der Waals surface area contributed by atoms with Crippen molar-refractivity contribution in [3.05, 3.63) is 100 Å². The van der Waals surface area contributed by atoms with Crippen molar-refractivity contribution < 1.29 is 34.3 Å². The van der Waals surface area contributed by atoms with E-state index >= 15 is 0 Å². The maximum absolute atomic E-state index is 10.8. The number of ether oxygens (including phenoxy) is 4. The number of phenolic OH excluding ortho intramolecular Hbond substituents is 2. The fourth-order valence-corrected chi connectivity index (χ4v) is 8.58. The fourth-order valence-electron chi connectivity index (χ4n) is 8.58. The molecule has 1 aliphatic carbocycles. The van der Waals surface area contributed by atoms with E-state index in [9.17, 15) is 15.3 Å². The van der Waals surface area contributed by atoms with Crippen molar-refractivity contribution in [3.8, 4) is 39.9 Å². The van der Waals surface area contributed by atoms with Gasteiger partial charge in [0.25, 0.3) is 0 Å². The summed E-state index contributed by atoms with van der Waals surface area (Å²) in [6.07, 6.45) is 4.41. The molecule has 8 rings (SSSR count). The molecule has 10 nitrogen and oxygen atoms in total. The van der Waals surface area contributed by atoms with Crippen molar-refractivity contribution in [1.82, 2.24) is 15.6 Å².